The van der Waals surface area contributed by atoms with Gasteiger partial charge in [0.05, 0.1) is 18.3 Å². The smallest absolute Gasteiger partial charge is 0.350 e. The van der Waals surface area contributed by atoms with E-state index < -0.39 is 0 Å². The first-order valence-corrected chi connectivity index (χ1v) is 9.97. The molecule has 2 atom stereocenters. The number of hydrogen-bond acceptors (Lipinski definition) is 6. The number of nitrogens with zero attached hydrogens (tertiary/aromatic N) is 3. The number of esters is 1. The van der Waals surface area contributed by atoms with E-state index in [1.165, 1.54) is 24.2 Å². The summed E-state index contributed by atoms with van der Waals surface area (Å²) in [5.74, 6) is 1.22. The standard InChI is InChI=1S/C18H31N5O2S/c1-7-25-17(24)15-11(2)21-16(26-15)12(3)22-18(19-4)20-10-14(23(5)6)13-8-9-13/h12-14H,7-10H2,1-6H3,(H2,19,20,22). The Hall–Kier alpha value is -1.67. The second kappa shape index (κ2) is 9.32. The molecule has 0 spiro atoms. The predicted molar refractivity (Wildman–Crippen MR) is 106 cm³/mol. The van der Waals surface area contributed by atoms with Crippen molar-refractivity contribution >= 4 is 23.3 Å². The van der Waals surface area contributed by atoms with E-state index in [-0.39, 0.29) is 12.0 Å². The molecular formula is C18H31N5O2S. The minimum atomic E-state index is -0.304. The molecule has 146 valence electrons. The SMILES string of the molecule is CCOC(=O)c1sc(C(C)NC(=NC)NCC(C2CC2)N(C)C)nc1C. The first-order chi connectivity index (χ1) is 12.4. The van der Waals surface area contributed by atoms with Gasteiger partial charge in [0.1, 0.15) is 9.88 Å². The molecule has 0 aromatic carbocycles. The fourth-order valence-corrected chi connectivity index (χ4v) is 3.87. The summed E-state index contributed by atoms with van der Waals surface area (Å²) in [6, 6.07) is 0.466. The fraction of sp³-hybridized carbons (Fsp3) is 0.722. The van der Waals surface area contributed by atoms with Crippen molar-refractivity contribution < 1.29 is 9.53 Å². The van der Waals surface area contributed by atoms with Gasteiger partial charge in [-0.1, -0.05) is 0 Å². The van der Waals surface area contributed by atoms with E-state index >= 15 is 0 Å². The van der Waals surface area contributed by atoms with Crippen LogP contribution in [0.2, 0.25) is 0 Å². The Morgan fingerprint density at radius 1 is 1.46 bits per heavy atom. The van der Waals surface area contributed by atoms with Crippen LogP contribution in [-0.2, 0) is 4.74 Å². The number of aliphatic imine (C=N–C) groups is 1. The number of likely N-dealkylation sites (N-methyl/N-ethyl adjacent to an activating group) is 1. The summed E-state index contributed by atoms with van der Waals surface area (Å²) in [5.41, 5.74) is 0.710. The summed E-state index contributed by atoms with van der Waals surface area (Å²) < 4.78 is 5.09. The van der Waals surface area contributed by atoms with Crippen molar-refractivity contribution in [1.82, 2.24) is 20.5 Å². The van der Waals surface area contributed by atoms with Crippen LogP contribution in [0.4, 0.5) is 0 Å². The van der Waals surface area contributed by atoms with E-state index in [1.807, 2.05) is 13.8 Å². The molecule has 1 saturated carbocycles. The zero-order valence-electron chi connectivity index (χ0n) is 16.6. The predicted octanol–water partition coefficient (Wildman–Crippen LogP) is 2.19. The van der Waals surface area contributed by atoms with Crippen molar-refractivity contribution in [2.45, 2.75) is 45.7 Å². The highest BCUT2D eigenvalue weighted by molar-refractivity contribution is 7.13. The van der Waals surface area contributed by atoms with Crippen LogP contribution in [0.25, 0.3) is 0 Å². The molecule has 1 aliphatic rings. The van der Waals surface area contributed by atoms with Gasteiger partial charge in [0.15, 0.2) is 5.96 Å². The normalized spacial score (nSPS) is 17.1. The van der Waals surface area contributed by atoms with Crippen LogP contribution in [0.3, 0.4) is 0 Å². The largest absolute Gasteiger partial charge is 0.462 e. The third-order valence-electron chi connectivity index (χ3n) is 4.53. The van der Waals surface area contributed by atoms with Gasteiger partial charge in [-0.05, 0) is 53.6 Å². The van der Waals surface area contributed by atoms with Gasteiger partial charge < -0.3 is 20.3 Å². The molecule has 7 nitrogen and oxygen atoms in total. The Labute approximate surface area is 160 Å². The van der Waals surface area contributed by atoms with Crippen molar-refractivity contribution in [1.29, 1.82) is 0 Å². The number of carbonyl (C=O) groups excluding carboxylic acids is 1. The summed E-state index contributed by atoms with van der Waals surface area (Å²) in [6.07, 6.45) is 2.62. The van der Waals surface area contributed by atoms with Crippen LogP contribution >= 0.6 is 11.3 Å². The molecule has 0 radical (unpaired) electrons. The van der Waals surface area contributed by atoms with Crippen LogP contribution in [0.1, 0.15) is 53.1 Å². The number of aromatic nitrogens is 1. The maximum atomic E-state index is 12.0. The second-order valence-corrected chi connectivity index (χ2v) is 7.91. The van der Waals surface area contributed by atoms with E-state index in [1.54, 1.807) is 14.0 Å². The topological polar surface area (TPSA) is 78.8 Å². The molecule has 1 fully saturated rings. The fourth-order valence-electron chi connectivity index (χ4n) is 2.90. The molecule has 0 bridgehead atoms. The molecule has 2 N–H and O–H groups in total. The molecular weight excluding hydrogens is 350 g/mol. The summed E-state index contributed by atoms with van der Waals surface area (Å²) in [6.45, 7) is 6.88. The molecule has 0 saturated heterocycles. The number of nitrogens with one attached hydrogen (secondary N) is 2. The minimum absolute atomic E-state index is 0.0493. The Balaban J connectivity index is 1.95. The first-order valence-electron chi connectivity index (χ1n) is 9.15. The monoisotopic (exact) mass is 381 g/mol. The minimum Gasteiger partial charge on any atom is -0.462 e. The van der Waals surface area contributed by atoms with E-state index in [9.17, 15) is 4.79 Å². The number of hydrogen-bond donors (Lipinski definition) is 2. The number of guanidine groups is 1. The number of ether oxygens (including phenoxy) is 1. The molecule has 1 heterocycles. The van der Waals surface area contributed by atoms with E-state index in [2.05, 4.69) is 39.6 Å². The molecule has 2 rings (SSSR count). The zero-order valence-corrected chi connectivity index (χ0v) is 17.4. The number of rotatable bonds is 8. The summed E-state index contributed by atoms with van der Waals surface area (Å²) >= 11 is 1.37. The van der Waals surface area contributed by atoms with Crippen molar-refractivity contribution in [3.63, 3.8) is 0 Å². The van der Waals surface area contributed by atoms with Gasteiger partial charge in [-0.2, -0.15) is 0 Å². The van der Waals surface area contributed by atoms with Crippen molar-refractivity contribution in [2.24, 2.45) is 10.9 Å². The molecule has 0 aliphatic heterocycles. The molecule has 1 aromatic rings. The molecule has 0 amide bonds. The van der Waals surface area contributed by atoms with Crippen molar-refractivity contribution in [3.8, 4) is 0 Å². The van der Waals surface area contributed by atoms with Crippen LogP contribution < -0.4 is 10.6 Å². The van der Waals surface area contributed by atoms with Gasteiger partial charge >= 0.3 is 5.97 Å². The molecule has 1 aliphatic carbocycles. The quantitative estimate of drug-likeness (QED) is 0.408. The highest BCUT2D eigenvalue weighted by Crippen LogP contribution is 2.34. The highest BCUT2D eigenvalue weighted by Gasteiger charge is 2.32. The van der Waals surface area contributed by atoms with Gasteiger partial charge in [-0.15, -0.1) is 11.3 Å². The second-order valence-electron chi connectivity index (χ2n) is 6.87. The lowest BCUT2D eigenvalue weighted by Gasteiger charge is -2.26. The van der Waals surface area contributed by atoms with E-state index in [4.69, 9.17) is 4.74 Å². The van der Waals surface area contributed by atoms with Crippen LogP contribution in [-0.4, -0.2) is 62.1 Å². The highest BCUT2D eigenvalue weighted by atomic mass is 32.1. The van der Waals surface area contributed by atoms with Gasteiger partial charge in [-0.3, -0.25) is 4.99 Å². The number of carbonyl (C=O) groups is 1. The van der Waals surface area contributed by atoms with Crippen LogP contribution in [0, 0.1) is 12.8 Å². The third-order valence-corrected chi connectivity index (χ3v) is 5.85. The van der Waals surface area contributed by atoms with Crippen LogP contribution in [0.5, 0.6) is 0 Å². The Kier molecular flexibility index (Phi) is 7.40. The summed E-state index contributed by atoms with van der Waals surface area (Å²) in [7, 11) is 6.01. The maximum Gasteiger partial charge on any atom is 0.350 e. The molecule has 1 aromatic heterocycles. The van der Waals surface area contributed by atoms with Gasteiger partial charge in [0.25, 0.3) is 0 Å². The van der Waals surface area contributed by atoms with Crippen molar-refractivity contribution in [3.05, 3.63) is 15.6 Å². The Morgan fingerprint density at radius 2 is 2.15 bits per heavy atom. The lowest BCUT2D eigenvalue weighted by Crippen LogP contribution is -2.46. The van der Waals surface area contributed by atoms with Gasteiger partial charge in [-0.25, -0.2) is 9.78 Å². The van der Waals surface area contributed by atoms with E-state index in [0.29, 0.717) is 23.2 Å². The Bertz CT molecular complexity index is 638. The Morgan fingerprint density at radius 3 is 2.69 bits per heavy atom. The third kappa shape index (κ3) is 5.41. The number of thiazole rings is 1. The average molecular weight is 382 g/mol. The first kappa shape index (κ1) is 20.6. The lowest BCUT2D eigenvalue weighted by atomic mass is 10.1. The summed E-state index contributed by atoms with van der Waals surface area (Å²) in [4.78, 5) is 23.7. The average Bonchev–Trinajstić information content (AvgIpc) is 3.34. The maximum absolute atomic E-state index is 12.0. The lowest BCUT2D eigenvalue weighted by molar-refractivity contribution is 0.0531. The molecule has 8 heteroatoms. The van der Waals surface area contributed by atoms with Gasteiger partial charge in [0.2, 0.25) is 0 Å². The van der Waals surface area contributed by atoms with E-state index in [0.717, 1.165) is 23.4 Å². The van der Waals surface area contributed by atoms with Crippen LogP contribution in [0.15, 0.2) is 4.99 Å². The zero-order chi connectivity index (χ0) is 19.3. The number of aryl methyl sites for hydroxylation is 1. The summed E-state index contributed by atoms with van der Waals surface area (Å²) in [5, 5.41) is 7.63. The van der Waals surface area contributed by atoms with Gasteiger partial charge in [0, 0.05) is 19.6 Å². The molecule has 2 unspecified atom stereocenters. The van der Waals surface area contributed by atoms with Crippen molar-refractivity contribution in [2.75, 3.05) is 34.3 Å². The molecule has 26 heavy (non-hydrogen) atoms.